The highest BCUT2D eigenvalue weighted by Gasteiger charge is 2.42. The van der Waals surface area contributed by atoms with Crippen molar-refractivity contribution in [1.29, 1.82) is 0 Å². The van der Waals surface area contributed by atoms with Gasteiger partial charge >= 0.3 is 0 Å². The molecule has 1 aromatic rings. The van der Waals surface area contributed by atoms with Crippen LogP contribution in [0.15, 0.2) is 18.5 Å². The summed E-state index contributed by atoms with van der Waals surface area (Å²) in [5.41, 5.74) is 6.66. The van der Waals surface area contributed by atoms with Gasteiger partial charge in [0.15, 0.2) is 0 Å². The molecule has 6 heteroatoms. The first kappa shape index (κ1) is 14.7. The molecule has 1 atom stereocenters. The van der Waals surface area contributed by atoms with Gasteiger partial charge in [-0.25, -0.2) is 0 Å². The molecular formula is C14H21N3O3. The molecule has 20 heavy (non-hydrogen) atoms. The molecule has 0 spiro atoms. The third-order valence-electron chi connectivity index (χ3n) is 3.70. The molecule has 2 N–H and O–H groups in total. The maximum Gasteiger partial charge on any atom is 0.240 e. The number of nitrogens with two attached hydrogens (primary N) is 1. The van der Waals surface area contributed by atoms with Crippen LogP contribution in [0.4, 0.5) is 0 Å². The zero-order chi connectivity index (χ0) is 14.8. The minimum absolute atomic E-state index is 0.0570. The lowest BCUT2D eigenvalue weighted by atomic mass is 9.94. The molecule has 0 unspecified atom stereocenters. The van der Waals surface area contributed by atoms with E-state index in [1.54, 1.807) is 31.5 Å². The fourth-order valence-corrected chi connectivity index (χ4v) is 2.37. The molecule has 0 aliphatic carbocycles. The zero-order valence-corrected chi connectivity index (χ0v) is 12.1. The van der Waals surface area contributed by atoms with E-state index in [0.717, 1.165) is 5.56 Å². The number of hydrogen-bond donors (Lipinski definition) is 1. The highest BCUT2D eigenvalue weighted by atomic mass is 16.5. The quantitative estimate of drug-likeness (QED) is 0.833. The molecule has 1 aliphatic heterocycles. The summed E-state index contributed by atoms with van der Waals surface area (Å²) in [6, 6.07) is 1.24. The van der Waals surface area contributed by atoms with Crippen LogP contribution in [-0.2, 0) is 16.0 Å². The van der Waals surface area contributed by atoms with Gasteiger partial charge in [-0.2, -0.15) is 0 Å². The van der Waals surface area contributed by atoms with Crippen LogP contribution < -0.4 is 10.5 Å². The van der Waals surface area contributed by atoms with Gasteiger partial charge in [0.1, 0.15) is 5.75 Å². The zero-order valence-electron chi connectivity index (χ0n) is 12.1. The Morgan fingerprint density at radius 3 is 2.85 bits per heavy atom. The van der Waals surface area contributed by atoms with Crippen molar-refractivity contribution in [3.8, 4) is 5.75 Å². The van der Waals surface area contributed by atoms with E-state index in [2.05, 4.69) is 4.98 Å². The number of methoxy groups -OCH3 is 2. The van der Waals surface area contributed by atoms with Crippen molar-refractivity contribution >= 4 is 5.91 Å². The first-order valence-electron chi connectivity index (χ1n) is 6.55. The smallest absolute Gasteiger partial charge is 0.240 e. The van der Waals surface area contributed by atoms with E-state index in [9.17, 15) is 4.79 Å². The van der Waals surface area contributed by atoms with Crippen LogP contribution in [0.2, 0.25) is 0 Å². The van der Waals surface area contributed by atoms with E-state index >= 15 is 0 Å². The van der Waals surface area contributed by atoms with Gasteiger partial charge in [0, 0.05) is 19.7 Å². The summed E-state index contributed by atoms with van der Waals surface area (Å²) in [6.07, 6.45) is 3.73. The number of aromatic nitrogens is 1. The molecular weight excluding hydrogens is 258 g/mol. The largest absolute Gasteiger partial charge is 0.495 e. The van der Waals surface area contributed by atoms with Crippen molar-refractivity contribution in [3.63, 3.8) is 0 Å². The van der Waals surface area contributed by atoms with Crippen molar-refractivity contribution < 1.29 is 14.3 Å². The second-order valence-electron chi connectivity index (χ2n) is 5.35. The molecule has 1 fully saturated rings. The number of carbonyl (C=O) groups excluding carboxylic acids is 1. The van der Waals surface area contributed by atoms with E-state index in [4.69, 9.17) is 15.2 Å². The van der Waals surface area contributed by atoms with Crippen molar-refractivity contribution in [1.82, 2.24) is 9.88 Å². The fraction of sp³-hybridized carbons (Fsp3) is 0.571. The molecule has 1 amide bonds. The molecule has 1 aromatic heterocycles. The number of amides is 1. The molecule has 1 aliphatic rings. The Hall–Kier alpha value is -1.66. The standard InChI is InChI=1S/C14H21N3O3/c1-14(20-3)8-17(9-14)13(18)11(15)6-10-4-5-16-7-12(10)19-2/h4-5,7,11H,6,8-9,15H2,1-3H3/t11-/m1/s1. The molecule has 110 valence electrons. The predicted octanol–water partition coefficient (Wildman–Crippen LogP) is 0.207. The average molecular weight is 279 g/mol. The molecule has 0 saturated carbocycles. The molecule has 6 nitrogen and oxygen atoms in total. The lowest BCUT2D eigenvalue weighted by Gasteiger charge is -2.47. The van der Waals surface area contributed by atoms with Crippen molar-refractivity contribution in [2.45, 2.75) is 25.0 Å². The van der Waals surface area contributed by atoms with Gasteiger partial charge in [-0.3, -0.25) is 9.78 Å². The summed E-state index contributed by atoms with van der Waals surface area (Å²) >= 11 is 0. The summed E-state index contributed by atoms with van der Waals surface area (Å²) in [5.74, 6) is 0.597. The number of rotatable bonds is 5. The van der Waals surface area contributed by atoms with Crippen LogP contribution >= 0.6 is 0 Å². The number of hydrogen-bond acceptors (Lipinski definition) is 5. The van der Waals surface area contributed by atoms with Gasteiger partial charge in [0.05, 0.1) is 38.0 Å². The fourth-order valence-electron chi connectivity index (χ4n) is 2.37. The summed E-state index contributed by atoms with van der Waals surface area (Å²) in [7, 11) is 3.23. The molecule has 1 saturated heterocycles. The van der Waals surface area contributed by atoms with Crippen molar-refractivity contribution in [2.75, 3.05) is 27.3 Å². The third-order valence-corrected chi connectivity index (χ3v) is 3.70. The number of carbonyl (C=O) groups is 1. The first-order valence-corrected chi connectivity index (χ1v) is 6.55. The van der Waals surface area contributed by atoms with Gasteiger partial charge in [0.2, 0.25) is 5.91 Å². The Kier molecular flexibility index (Phi) is 4.25. The van der Waals surface area contributed by atoms with Crippen molar-refractivity contribution in [2.24, 2.45) is 5.73 Å². The highest BCUT2D eigenvalue weighted by Crippen LogP contribution is 2.25. The van der Waals surface area contributed by atoms with Gasteiger partial charge in [-0.15, -0.1) is 0 Å². The summed E-state index contributed by atoms with van der Waals surface area (Å²) in [6.45, 7) is 3.15. The van der Waals surface area contributed by atoms with Crippen LogP contribution in [0.1, 0.15) is 12.5 Å². The lowest BCUT2D eigenvalue weighted by molar-refractivity contribution is -0.159. The van der Waals surface area contributed by atoms with Crippen LogP contribution in [0.25, 0.3) is 0 Å². The van der Waals surface area contributed by atoms with E-state index in [1.807, 2.05) is 13.0 Å². The van der Waals surface area contributed by atoms with Crippen molar-refractivity contribution in [3.05, 3.63) is 24.0 Å². The van der Waals surface area contributed by atoms with Gasteiger partial charge < -0.3 is 20.1 Å². The SMILES string of the molecule is COc1cnccc1C[C@@H](N)C(=O)N1CC(C)(OC)C1. The van der Waals surface area contributed by atoms with Crippen LogP contribution in [0, 0.1) is 0 Å². The number of nitrogens with zero attached hydrogens (tertiary/aromatic N) is 2. The monoisotopic (exact) mass is 279 g/mol. The van der Waals surface area contributed by atoms with Crippen LogP contribution in [0.5, 0.6) is 5.75 Å². The number of ether oxygens (including phenoxy) is 2. The maximum absolute atomic E-state index is 12.2. The number of pyridine rings is 1. The molecule has 0 aromatic carbocycles. The Morgan fingerprint density at radius 2 is 2.25 bits per heavy atom. The third kappa shape index (κ3) is 2.91. The first-order chi connectivity index (χ1) is 9.49. The Bertz CT molecular complexity index is 486. The summed E-state index contributed by atoms with van der Waals surface area (Å²) < 4.78 is 10.5. The summed E-state index contributed by atoms with van der Waals surface area (Å²) in [4.78, 5) is 17.9. The predicted molar refractivity (Wildman–Crippen MR) is 74.5 cm³/mol. The second kappa shape index (κ2) is 5.76. The topological polar surface area (TPSA) is 77.7 Å². The molecule has 2 heterocycles. The molecule has 2 rings (SSSR count). The van der Waals surface area contributed by atoms with Gasteiger partial charge in [-0.1, -0.05) is 0 Å². The Balaban J connectivity index is 1.95. The van der Waals surface area contributed by atoms with Crippen LogP contribution in [-0.4, -0.2) is 54.7 Å². The molecule has 0 bridgehead atoms. The average Bonchev–Trinajstić information content (AvgIpc) is 2.43. The minimum atomic E-state index is -0.576. The van der Waals surface area contributed by atoms with Crippen LogP contribution in [0.3, 0.4) is 0 Å². The lowest BCUT2D eigenvalue weighted by Crippen LogP contribution is -2.65. The van der Waals surface area contributed by atoms with E-state index in [1.165, 1.54) is 0 Å². The summed E-state index contributed by atoms with van der Waals surface area (Å²) in [5, 5.41) is 0. The number of likely N-dealkylation sites (tertiary alicyclic amines) is 1. The maximum atomic E-state index is 12.2. The normalized spacial score (nSPS) is 18.3. The Labute approximate surface area is 118 Å². The van der Waals surface area contributed by atoms with E-state index in [-0.39, 0.29) is 11.5 Å². The van der Waals surface area contributed by atoms with E-state index in [0.29, 0.717) is 25.3 Å². The Morgan fingerprint density at radius 1 is 1.55 bits per heavy atom. The minimum Gasteiger partial charge on any atom is -0.495 e. The second-order valence-corrected chi connectivity index (χ2v) is 5.35. The highest BCUT2D eigenvalue weighted by molar-refractivity contribution is 5.83. The molecule has 0 radical (unpaired) electrons. The van der Waals surface area contributed by atoms with Gasteiger partial charge in [0.25, 0.3) is 0 Å². The van der Waals surface area contributed by atoms with Gasteiger partial charge in [-0.05, 0) is 18.6 Å². The van der Waals surface area contributed by atoms with E-state index < -0.39 is 6.04 Å².